The van der Waals surface area contributed by atoms with Crippen molar-refractivity contribution in [3.05, 3.63) is 83.4 Å². The smallest absolute Gasteiger partial charge is 0.343 e. The molecule has 0 aliphatic rings. The van der Waals surface area contributed by atoms with Gasteiger partial charge < -0.3 is 18.9 Å². The number of ether oxygens (including phenoxy) is 4. The summed E-state index contributed by atoms with van der Waals surface area (Å²) in [5.74, 6) is 1.08. The molecule has 8 nitrogen and oxygen atoms in total. The Morgan fingerprint density at radius 2 is 1.53 bits per heavy atom. The van der Waals surface area contributed by atoms with Gasteiger partial charge >= 0.3 is 5.97 Å². The fraction of sp³-hybridized carbons (Fsp3) is 0.192. The number of carbonyl (C=O) groups is 2. The third-order valence-electron chi connectivity index (χ3n) is 4.69. The molecule has 0 aliphatic heterocycles. The number of amides is 1. The Kier molecular flexibility index (Phi) is 8.62. The Labute approximate surface area is 198 Å². The van der Waals surface area contributed by atoms with Crippen molar-refractivity contribution in [2.24, 2.45) is 5.10 Å². The molecule has 0 heterocycles. The molecule has 0 atom stereocenters. The summed E-state index contributed by atoms with van der Waals surface area (Å²) in [6.45, 7) is 2.64. The molecule has 8 heteroatoms. The van der Waals surface area contributed by atoms with E-state index in [2.05, 4.69) is 10.5 Å². The molecule has 0 fully saturated rings. The summed E-state index contributed by atoms with van der Waals surface area (Å²) >= 11 is 0. The second-order valence-corrected chi connectivity index (χ2v) is 7.10. The lowest BCUT2D eigenvalue weighted by atomic mass is 10.2. The highest BCUT2D eigenvalue weighted by atomic mass is 16.6. The highest BCUT2D eigenvalue weighted by Crippen LogP contribution is 2.28. The topological polar surface area (TPSA) is 95.5 Å². The maximum Gasteiger partial charge on any atom is 0.343 e. The second kappa shape index (κ2) is 12.1. The maximum absolute atomic E-state index is 12.5. The molecule has 0 aromatic heterocycles. The van der Waals surface area contributed by atoms with Crippen LogP contribution in [0.5, 0.6) is 23.0 Å². The molecule has 0 unspecified atom stereocenters. The molecule has 3 rings (SSSR count). The third kappa shape index (κ3) is 6.59. The van der Waals surface area contributed by atoms with Gasteiger partial charge in [-0.1, -0.05) is 6.92 Å². The minimum Gasteiger partial charge on any atom is -0.497 e. The molecule has 3 aromatic carbocycles. The fourth-order valence-electron chi connectivity index (χ4n) is 2.89. The molecule has 0 spiro atoms. The minimum atomic E-state index is -0.520. The lowest BCUT2D eigenvalue weighted by molar-refractivity contribution is 0.0729. The van der Waals surface area contributed by atoms with Crippen molar-refractivity contribution in [1.29, 1.82) is 0 Å². The summed E-state index contributed by atoms with van der Waals surface area (Å²) in [6.07, 6.45) is 2.36. The molecule has 1 N–H and O–H groups in total. The lowest BCUT2D eigenvalue weighted by Gasteiger charge is -2.10. The number of hydrazone groups is 1. The van der Waals surface area contributed by atoms with Crippen LogP contribution in [-0.4, -0.2) is 38.9 Å². The van der Waals surface area contributed by atoms with E-state index in [1.165, 1.54) is 13.3 Å². The van der Waals surface area contributed by atoms with Crippen LogP contribution in [0.25, 0.3) is 0 Å². The molecule has 176 valence electrons. The van der Waals surface area contributed by atoms with Gasteiger partial charge in [0.2, 0.25) is 0 Å². The molecule has 1 amide bonds. The number of hydrogen-bond donors (Lipinski definition) is 1. The minimum absolute atomic E-state index is 0.262. The summed E-state index contributed by atoms with van der Waals surface area (Å²) < 4.78 is 21.4. The van der Waals surface area contributed by atoms with E-state index in [4.69, 9.17) is 18.9 Å². The number of nitrogens with one attached hydrogen (secondary N) is 1. The Morgan fingerprint density at radius 1 is 0.853 bits per heavy atom. The van der Waals surface area contributed by atoms with Gasteiger partial charge in [0, 0.05) is 5.56 Å². The van der Waals surface area contributed by atoms with Crippen molar-refractivity contribution in [1.82, 2.24) is 5.43 Å². The van der Waals surface area contributed by atoms with Gasteiger partial charge in [-0.05, 0) is 78.7 Å². The van der Waals surface area contributed by atoms with Crippen LogP contribution in [0.2, 0.25) is 0 Å². The zero-order valence-corrected chi connectivity index (χ0v) is 19.2. The predicted molar refractivity (Wildman–Crippen MR) is 128 cm³/mol. The van der Waals surface area contributed by atoms with Crippen molar-refractivity contribution in [3.63, 3.8) is 0 Å². The molecule has 3 aromatic rings. The van der Waals surface area contributed by atoms with E-state index in [0.717, 1.165) is 6.42 Å². The lowest BCUT2D eigenvalue weighted by Crippen LogP contribution is -2.17. The first-order valence-electron chi connectivity index (χ1n) is 10.6. The van der Waals surface area contributed by atoms with Crippen molar-refractivity contribution >= 4 is 18.1 Å². The van der Waals surface area contributed by atoms with Crippen LogP contribution in [0, 0.1) is 0 Å². The molecule has 0 saturated carbocycles. The van der Waals surface area contributed by atoms with E-state index in [9.17, 15) is 9.59 Å². The van der Waals surface area contributed by atoms with Crippen LogP contribution >= 0.6 is 0 Å². The van der Waals surface area contributed by atoms with Crippen LogP contribution in [0.1, 0.15) is 39.6 Å². The van der Waals surface area contributed by atoms with E-state index >= 15 is 0 Å². The SMILES string of the molecule is CCCOc1ccc(C(=O)Oc2ccc(C=NNC(=O)c3ccc(OC)cc3)cc2OC)cc1. The first-order valence-corrected chi connectivity index (χ1v) is 10.6. The molecule has 0 aliphatic carbocycles. The van der Waals surface area contributed by atoms with E-state index < -0.39 is 5.97 Å². The average molecular weight is 463 g/mol. The summed E-state index contributed by atoms with van der Waals surface area (Å²) in [5.41, 5.74) is 3.94. The summed E-state index contributed by atoms with van der Waals surface area (Å²) in [7, 11) is 3.03. The average Bonchev–Trinajstić information content (AvgIpc) is 2.88. The highest BCUT2D eigenvalue weighted by Gasteiger charge is 2.13. The van der Waals surface area contributed by atoms with Crippen LogP contribution in [0.4, 0.5) is 0 Å². The first kappa shape index (κ1) is 24.3. The second-order valence-electron chi connectivity index (χ2n) is 7.10. The Bertz CT molecular complexity index is 1140. The highest BCUT2D eigenvalue weighted by molar-refractivity contribution is 5.95. The molecule has 0 radical (unpaired) electrons. The number of rotatable bonds is 10. The van der Waals surface area contributed by atoms with Gasteiger partial charge in [0.1, 0.15) is 11.5 Å². The van der Waals surface area contributed by atoms with E-state index in [1.54, 1.807) is 73.8 Å². The van der Waals surface area contributed by atoms with Gasteiger partial charge in [-0.3, -0.25) is 4.79 Å². The number of nitrogens with zero attached hydrogens (tertiary/aromatic N) is 1. The van der Waals surface area contributed by atoms with Crippen LogP contribution in [-0.2, 0) is 0 Å². The van der Waals surface area contributed by atoms with Crippen molar-refractivity contribution in [3.8, 4) is 23.0 Å². The number of benzene rings is 3. The Hall–Kier alpha value is -4.33. The maximum atomic E-state index is 12.5. The summed E-state index contributed by atoms with van der Waals surface area (Å²) in [6, 6.07) is 18.3. The third-order valence-corrected chi connectivity index (χ3v) is 4.69. The van der Waals surface area contributed by atoms with Crippen molar-refractivity contribution in [2.75, 3.05) is 20.8 Å². The van der Waals surface area contributed by atoms with E-state index in [-0.39, 0.29) is 11.7 Å². The summed E-state index contributed by atoms with van der Waals surface area (Å²) in [5, 5.41) is 3.97. The normalized spacial score (nSPS) is 10.6. The molecule has 0 saturated heterocycles. The Morgan fingerprint density at radius 3 is 2.18 bits per heavy atom. The van der Waals surface area contributed by atoms with E-state index in [1.807, 2.05) is 6.92 Å². The first-order chi connectivity index (χ1) is 16.5. The zero-order chi connectivity index (χ0) is 24.3. The van der Waals surface area contributed by atoms with Crippen LogP contribution < -0.4 is 24.4 Å². The van der Waals surface area contributed by atoms with Gasteiger partial charge in [0.05, 0.1) is 32.6 Å². The quantitative estimate of drug-likeness (QED) is 0.207. The number of hydrogen-bond acceptors (Lipinski definition) is 7. The van der Waals surface area contributed by atoms with Gasteiger partial charge in [-0.25, -0.2) is 10.2 Å². The van der Waals surface area contributed by atoms with Crippen molar-refractivity contribution in [2.45, 2.75) is 13.3 Å². The largest absolute Gasteiger partial charge is 0.497 e. The molecular formula is C26H26N2O6. The Balaban J connectivity index is 1.61. The fourth-order valence-corrected chi connectivity index (χ4v) is 2.89. The monoisotopic (exact) mass is 462 g/mol. The molecule has 0 bridgehead atoms. The summed E-state index contributed by atoms with van der Waals surface area (Å²) in [4.78, 5) is 24.7. The number of carbonyl (C=O) groups excluding carboxylic acids is 2. The van der Waals surface area contributed by atoms with Gasteiger partial charge in [0.15, 0.2) is 11.5 Å². The van der Waals surface area contributed by atoms with Gasteiger partial charge in [0.25, 0.3) is 5.91 Å². The van der Waals surface area contributed by atoms with Crippen LogP contribution in [0.3, 0.4) is 0 Å². The van der Waals surface area contributed by atoms with Crippen molar-refractivity contribution < 1.29 is 28.5 Å². The standard InChI is InChI=1S/C26H26N2O6/c1-4-15-33-22-12-8-20(9-13-22)26(30)34-23-14-5-18(16-24(23)32-3)17-27-28-25(29)19-6-10-21(31-2)11-7-19/h5-14,16-17H,4,15H2,1-3H3,(H,28,29). The molecular weight excluding hydrogens is 436 g/mol. The number of methoxy groups -OCH3 is 2. The number of esters is 1. The van der Waals surface area contributed by atoms with E-state index in [0.29, 0.717) is 40.5 Å². The predicted octanol–water partition coefficient (Wildman–Crippen LogP) is 4.48. The van der Waals surface area contributed by atoms with Crippen LogP contribution in [0.15, 0.2) is 71.8 Å². The van der Waals surface area contributed by atoms with Gasteiger partial charge in [-0.2, -0.15) is 5.10 Å². The van der Waals surface area contributed by atoms with Gasteiger partial charge in [-0.15, -0.1) is 0 Å². The molecule has 34 heavy (non-hydrogen) atoms. The zero-order valence-electron chi connectivity index (χ0n) is 19.2.